The van der Waals surface area contributed by atoms with Crippen molar-refractivity contribution >= 4 is 5.91 Å². The Kier molecular flexibility index (Phi) is 4.36. The van der Waals surface area contributed by atoms with Crippen molar-refractivity contribution in [2.75, 3.05) is 32.9 Å². The molecule has 3 N–H and O–H groups in total. The van der Waals surface area contributed by atoms with Crippen molar-refractivity contribution in [2.45, 2.75) is 31.7 Å². The molecule has 0 radical (unpaired) electrons. The number of carbonyl (C=O) groups is 1. The molecule has 98 valence electrons. The highest BCUT2D eigenvalue weighted by atomic mass is 16.5. The van der Waals surface area contributed by atoms with Gasteiger partial charge in [-0.3, -0.25) is 4.79 Å². The van der Waals surface area contributed by atoms with E-state index in [0.29, 0.717) is 19.6 Å². The summed E-state index contributed by atoms with van der Waals surface area (Å²) in [5, 5.41) is 15.2. The molecule has 0 aromatic heterocycles. The summed E-state index contributed by atoms with van der Waals surface area (Å²) in [5.41, 5.74) is 0.195. The monoisotopic (exact) mass is 242 g/mol. The van der Waals surface area contributed by atoms with Crippen LogP contribution in [0.1, 0.15) is 25.7 Å². The molecule has 1 heterocycles. The second-order valence-corrected chi connectivity index (χ2v) is 5.18. The van der Waals surface area contributed by atoms with Gasteiger partial charge in [0.25, 0.3) is 0 Å². The summed E-state index contributed by atoms with van der Waals surface area (Å²) in [7, 11) is 0. The molecule has 5 heteroatoms. The first kappa shape index (κ1) is 12.8. The van der Waals surface area contributed by atoms with Gasteiger partial charge in [-0.05, 0) is 24.7 Å². The van der Waals surface area contributed by atoms with Gasteiger partial charge in [-0.15, -0.1) is 0 Å². The zero-order valence-electron chi connectivity index (χ0n) is 10.2. The van der Waals surface area contributed by atoms with E-state index in [4.69, 9.17) is 9.84 Å². The Morgan fingerprint density at radius 3 is 2.94 bits per heavy atom. The van der Waals surface area contributed by atoms with Crippen LogP contribution >= 0.6 is 0 Å². The molecule has 1 atom stereocenters. The largest absolute Gasteiger partial charge is 0.396 e. The average molecular weight is 242 g/mol. The van der Waals surface area contributed by atoms with Crippen LogP contribution in [0, 0.1) is 5.41 Å². The van der Waals surface area contributed by atoms with Crippen molar-refractivity contribution in [2.24, 2.45) is 5.41 Å². The summed E-state index contributed by atoms with van der Waals surface area (Å²) in [5.74, 6) is 0.0808. The van der Waals surface area contributed by atoms with E-state index in [9.17, 15) is 4.79 Å². The lowest BCUT2D eigenvalue weighted by atomic mass is 10.0. The summed E-state index contributed by atoms with van der Waals surface area (Å²) in [6, 6.07) is 0.150. The Bertz CT molecular complexity index is 260. The molecule has 2 rings (SSSR count). The van der Waals surface area contributed by atoms with Crippen LogP contribution in [-0.4, -0.2) is 50.0 Å². The van der Waals surface area contributed by atoms with Gasteiger partial charge in [0.1, 0.15) is 0 Å². The predicted molar refractivity (Wildman–Crippen MR) is 63.6 cm³/mol. The maximum Gasteiger partial charge on any atom is 0.221 e. The van der Waals surface area contributed by atoms with Crippen LogP contribution in [0.25, 0.3) is 0 Å². The molecule has 17 heavy (non-hydrogen) atoms. The van der Waals surface area contributed by atoms with Crippen molar-refractivity contribution < 1.29 is 14.6 Å². The first-order valence-electron chi connectivity index (χ1n) is 6.43. The SMILES string of the molecule is O=C(CC1COCCN1)NCC1(CCO)CC1. The fraction of sp³-hybridized carbons (Fsp3) is 0.917. The summed E-state index contributed by atoms with van der Waals surface area (Å²) in [6.45, 7) is 3.10. The number of ether oxygens (including phenoxy) is 1. The number of amides is 1. The van der Waals surface area contributed by atoms with Crippen LogP contribution in [0.3, 0.4) is 0 Å². The van der Waals surface area contributed by atoms with Gasteiger partial charge in [-0.1, -0.05) is 0 Å². The number of morpholine rings is 1. The van der Waals surface area contributed by atoms with Gasteiger partial charge in [0.05, 0.1) is 13.2 Å². The van der Waals surface area contributed by atoms with E-state index in [-0.39, 0.29) is 24.0 Å². The highest BCUT2D eigenvalue weighted by molar-refractivity contribution is 5.76. The van der Waals surface area contributed by atoms with Gasteiger partial charge in [-0.25, -0.2) is 0 Å². The summed E-state index contributed by atoms with van der Waals surface area (Å²) in [4.78, 5) is 11.7. The fourth-order valence-corrected chi connectivity index (χ4v) is 2.26. The van der Waals surface area contributed by atoms with Crippen molar-refractivity contribution in [1.82, 2.24) is 10.6 Å². The van der Waals surface area contributed by atoms with E-state index < -0.39 is 0 Å². The number of nitrogens with one attached hydrogen (secondary N) is 2. The third-order valence-corrected chi connectivity index (χ3v) is 3.69. The lowest BCUT2D eigenvalue weighted by Gasteiger charge is -2.23. The molecule has 1 aliphatic carbocycles. The van der Waals surface area contributed by atoms with Crippen molar-refractivity contribution in [3.05, 3.63) is 0 Å². The lowest BCUT2D eigenvalue weighted by molar-refractivity contribution is -0.122. The van der Waals surface area contributed by atoms with Crippen LogP contribution in [-0.2, 0) is 9.53 Å². The van der Waals surface area contributed by atoms with Crippen LogP contribution in [0.2, 0.25) is 0 Å². The Morgan fingerprint density at radius 2 is 2.35 bits per heavy atom. The van der Waals surface area contributed by atoms with Crippen LogP contribution in [0.5, 0.6) is 0 Å². The standard InChI is InChI=1S/C12H22N2O3/c15-5-3-12(1-2-12)9-14-11(16)7-10-8-17-6-4-13-10/h10,13,15H,1-9H2,(H,14,16). The van der Waals surface area contributed by atoms with E-state index in [1.165, 1.54) is 0 Å². The number of hydrogen-bond acceptors (Lipinski definition) is 4. The highest BCUT2D eigenvalue weighted by Crippen LogP contribution is 2.47. The molecule has 0 bridgehead atoms. The number of rotatable bonds is 6. The number of aliphatic hydroxyl groups is 1. The minimum atomic E-state index is 0.0808. The molecule has 5 nitrogen and oxygen atoms in total. The van der Waals surface area contributed by atoms with Gasteiger partial charge < -0.3 is 20.5 Å². The minimum Gasteiger partial charge on any atom is -0.396 e. The van der Waals surface area contributed by atoms with E-state index in [2.05, 4.69) is 10.6 Å². The quantitative estimate of drug-likeness (QED) is 0.595. The number of carbonyl (C=O) groups excluding carboxylic acids is 1. The van der Waals surface area contributed by atoms with Crippen molar-refractivity contribution in [1.29, 1.82) is 0 Å². The van der Waals surface area contributed by atoms with Gasteiger partial charge in [0.2, 0.25) is 5.91 Å². The molecule has 1 saturated carbocycles. The fourth-order valence-electron chi connectivity index (χ4n) is 2.26. The predicted octanol–water partition coefficient (Wildman–Crippen LogP) is -0.356. The lowest BCUT2D eigenvalue weighted by Crippen LogP contribution is -2.44. The van der Waals surface area contributed by atoms with Crippen LogP contribution in [0.15, 0.2) is 0 Å². The molecule has 1 saturated heterocycles. The van der Waals surface area contributed by atoms with Gasteiger partial charge in [-0.2, -0.15) is 0 Å². The zero-order valence-corrected chi connectivity index (χ0v) is 10.2. The normalized spacial score (nSPS) is 26.5. The molecule has 0 aromatic rings. The summed E-state index contributed by atoms with van der Waals surface area (Å²) >= 11 is 0. The first-order valence-corrected chi connectivity index (χ1v) is 6.43. The molecular formula is C12H22N2O3. The second-order valence-electron chi connectivity index (χ2n) is 5.18. The topological polar surface area (TPSA) is 70.6 Å². The third-order valence-electron chi connectivity index (χ3n) is 3.69. The maximum atomic E-state index is 11.7. The molecule has 2 aliphatic rings. The van der Waals surface area contributed by atoms with Crippen molar-refractivity contribution in [3.63, 3.8) is 0 Å². The van der Waals surface area contributed by atoms with Gasteiger partial charge >= 0.3 is 0 Å². The Hall–Kier alpha value is -0.650. The van der Waals surface area contributed by atoms with E-state index in [1.807, 2.05) is 0 Å². The molecule has 2 fully saturated rings. The molecule has 0 aromatic carbocycles. The Morgan fingerprint density at radius 1 is 1.53 bits per heavy atom. The van der Waals surface area contributed by atoms with E-state index >= 15 is 0 Å². The molecular weight excluding hydrogens is 220 g/mol. The zero-order chi connectivity index (χ0) is 12.1. The Labute approximate surface area is 102 Å². The summed E-state index contributed by atoms with van der Waals surface area (Å²) < 4.78 is 5.30. The smallest absolute Gasteiger partial charge is 0.221 e. The van der Waals surface area contributed by atoms with Gasteiger partial charge in [0.15, 0.2) is 0 Å². The van der Waals surface area contributed by atoms with E-state index in [0.717, 1.165) is 32.4 Å². The van der Waals surface area contributed by atoms with Gasteiger partial charge in [0, 0.05) is 32.2 Å². The third kappa shape index (κ3) is 3.94. The van der Waals surface area contributed by atoms with Crippen LogP contribution < -0.4 is 10.6 Å². The second kappa shape index (κ2) is 5.80. The van der Waals surface area contributed by atoms with E-state index in [1.54, 1.807) is 0 Å². The molecule has 1 aliphatic heterocycles. The van der Waals surface area contributed by atoms with Crippen molar-refractivity contribution in [3.8, 4) is 0 Å². The van der Waals surface area contributed by atoms with Crippen LogP contribution in [0.4, 0.5) is 0 Å². The molecule has 1 amide bonds. The minimum absolute atomic E-state index is 0.0808. The number of hydrogen-bond donors (Lipinski definition) is 3. The first-order chi connectivity index (χ1) is 8.24. The maximum absolute atomic E-state index is 11.7. The highest BCUT2D eigenvalue weighted by Gasteiger charge is 2.41. The average Bonchev–Trinajstić information content (AvgIpc) is 3.09. The Balaban J connectivity index is 1.63. The molecule has 1 unspecified atom stereocenters. The number of aliphatic hydroxyl groups excluding tert-OH is 1. The summed E-state index contributed by atoms with van der Waals surface area (Å²) in [6.07, 6.45) is 3.53. The molecule has 0 spiro atoms.